The van der Waals surface area contributed by atoms with Crippen LogP contribution in [0.4, 0.5) is 0 Å². The van der Waals surface area contributed by atoms with E-state index in [0.717, 1.165) is 16.5 Å². The smallest absolute Gasteiger partial charge is 0.306 e. The molecule has 6 nitrogen and oxygen atoms in total. The van der Waals surface area contributed by atoms with Gasteiger partial charge in [0.25, 0.3) is 0 Å². The van der Waals surface area contributed by atoms with Crippen LogP contribution in [0.1, 0.15) is 30.0 Å². The van der Waals surface area contributed by atoms with E-state index in [0.29, 0.717) is 43.2 Å². The Morgan fingerprint density at radius 3 is 2.22 bits per heavy atom. The molecular formula is C26H29NO5. The van der Waals surface area contributed by atoms with Gasteiger partial charge in [-0.15, -0.1) is 0 Å². The van der Waals surface area contributed by atoms with E-state index in [1.807, 2.05) is 24.3 Å². The number of methoxy groups -OCH3 is 3. The van der Waals surface area contributed by atoms with Gasteiger partial charge in [-0.25, -0.2) is 0 Å². The molecule has 1 fully saturated rings. The number of likely N-dealkylation sites (tertiary alicyclic amines) is 1. The summed E-state index contributed by atoms with van der Waals surface area (Å²) in [7, 11) is 4.84. The number of fused-ring (bicyclic) bond motifs is 1. The third-order valence-electron chi connectivity index (χ3n) is 6.36. The zero-order valence-corrected chi connectivity index (χ0v) is 18.7. The molecule has 0 amide bonds. The number of ether oxygens (including phenoxy) is 3. The molecule has 168 valence electrons. The van der Waals surface area contributed by atoms with Crippen LogP contribution in [0.5, 0.6) is 17.2 Å². The zero-order valence-electron chi connectivity index (χ0n) is 18.7. The number of aliphatic carboxylic acids is 1. The van der Waals surface area contributed by atoms with Crippen LogP contribution in [0.2, 0.25) is 0 Å². The lowest BCUT2D eigenvalue weighted by molar-refractivity contribution is -0.143. The molecule has 1 unspecified atom stereocenters. The van der Waals surface area contributed by atoms with Gasteiger partial charge in [0.2, 0.25) is 5.75 Å². The lowest BCUT2D eigenvalue weighted by Crippen LogP contribution is -2.39. The van der Waals surface area contributed by atoms with E-state index in [9.17, 15) is 9.90 Å². The fraction of sp³-hybridized carbons (Fsp3) is 0.346. The predicted octanol–water partition coefficient (Wildman–Crippen LogP) is 4.75. The van der Waals surface area contributed by atoms with Gasteiger partial charge in [-0.1, -0.05) is 36.4 Å². The molecule has 1 aliphatic heterocycles. The predicted molar refractivity (Wildman–Crippen MR) is 124 cm³/mol. The van der Waals surface area contributed by atoms with Gasteiger partial charge in [0.05, 0.1) is 33.3 Å². The minimum atomic E-state index is -0.712. The molecule has 1 atom stereocenters. The van der Waals surface area contributed by atoms with E-state index >= 15 is 0 Å². The van der Waals surface area contributed by atoms with E-state index in [1.54, 1.807) is 21.3 Å². The summed E-state index contributed by atoms with van der Waals surface area (Å²) in [6.45, 7) is 1.37. The van der Waals surface area contributed by atoms with E-state index in [-0.39, 0.29) is 12.0 Å². The average Bonchev–Trinajstić information content (AvgIpc) is 2.83. The van der Waals surface area contributed by atoms with Crippen molar-refractivity contribution < 1.29 is 24.1 Å². The maximum absolute atomic E-state index is 11.5. The van der Waals surface area contributed by atoms with E-state index < -0.39 is 5.97 Å². The van der Waals surface area contributed by atoms with E-state index in [1.165, 1.54) is 5.39 Å². The van der Waals surface area contributed by atoms with Crippen LogP contribution in [0.25, 0.3) is 10.8 Å². The molecule has 4 rings (SSSR count). The molecule has 1 saturated heterocycles. The molecule has 3 aromatic rings. The van der Waals surface area contributed by atoms with Gasteiger partial charge in [-0.3, -0.25) is 9.69 Å². The van der Waals surface area contributed by atoms with Crippen LogP contribution in [0, 0.1) is 5.92 Å². The second-order valence-electron chi connectivity index (χ2n) is 8.08. The fourth-order valence-corrected chi connectivity index (χ4v) is 4.71. The van der Waals surface area contributed by atoms with Gasteiger partial charge in [0.15, 0.2) is 11.5 Å². The highest BCUT2D eigenvalue weighted by molar-refractivity contribution is 5.83. The first kappa shape index (κ1) is 22.0. The molecule has 32 heavy (non-hydrogen) atoms. The Morgan fingerprint density at radius 1 is 0.906 bits per heavy atom. The second-order valence-corrected chi connectivity index (χ2v) is 8.08. The number of carboxylic acids is 1. The third-order valence-corrected chi connectivity index (χ3v) is 6.36. The molecule has 0 aliphatic carbocycles. The molecule has 0 bridgehead atoms. The summed E-state index contributed by atoms with van der Waals surface area (Å²) < 4.78 is 16.9. The molecular weight excluding hydrogens is 406 g/mol. The van der Waals surface area contributed by atoms with Gasteiger partial charge >= 0.3 is 5.97 Å². The van der Waals surface area contributed by atoms with Gasteiger partial charge in [0, 0.05) is 5.56 Å². The first-order valence-corrected chi connectivity index (χ1v) is 10.8. The van der Waals surface area contributed by atoms with Crippen LogP contribution in [0.15, 0.2) is 54.6 Å². The lowest BCUT2D eigenvalue weighted by Gasteiger charge is -2.38. The minimum absolute atomic E-state index is 0.107. The van der Waals surface area contributed by atoms with Gasteiger partial charge in [-0.05, 0) is 60.5 Å². The molecule has 0 saturated carbocycles. The zero-order chi connectivity index (χ0) is 22.7. The highest BCUT2D eigenvalue weighted by atomic mass is 16.5. The number of carboxylic acid groups (broad SMARTS) is 1. The summed E-state index contributed by atoms with van der Waals surface area (Å²) in [5.41, 5.74) is 2.09. The maximum atomic E-state index is 11.5. The molecule has 0 aromatic heterocycles. The number of hydrogen-bond acceptors (Lipinski definition) is 5. The number of benzene rings is 3. The molecule has 6 heteroatoms. The monoisotopic (exact) mass is 435 g/mol. The highest BCUT2D eigenvalue weighted by Gasteiger charge is 2.33. The highest BCUT2D eigenvalue weighted by Crippen LogP contribution is 2.46. The van der Waals surface area contributed by atoms with Crippen molar-refractivity contribution in [1.82, 2.24) is 4.90 Å². The Morgan fingerprint density at radius 2 is 1.59 bits per heavy atom. The first-order valence-electron chi connectivity index (χ1n) is 10.8. The Hall–Kier alpha value is -3.25. The van der Waals surface area contributed by atoms with Gasteiger partial charge in [-0.2, -0.15) is 0 Å². The van der Waals surface area contributed by atoms with Crippen molar-refractivity contribution >= 4 is 16.7 Å². The summed E-state index contributed by atoms with van der Waals surface area (Å²) in [6, 6.07) is 18.6. The van der Waals surface area contributed by atoms with Crippen LogP contribution in [-0.4, -0.2) is 50.4 Å². The maximum Gasteiger partial charge on any atom is 0.306 e. The normalized spacial score (nSPS) is 16.0. The Bertz CT molecular complexity index is 1100. The van der Waals surface area contributed by atoms with Crippen LogP contribution >= 0.6 is 0 Å². The largest absolute Gasteiger partial charge is 0.493 e. The molecule has 1 N–H and O–H groups in total. The summed E-state index contributed by atoms with van der Waals surface area (Å²) >= 11 is 0. The standard InChI is InChI=1S/C26H29NO5/c1-30-22-11-10-21(24(31-2)25(22)32-3)23(27-14-12-18(13-15-27)26(28)29)20-9-8-17-6-4-5-7-19(17)16-20/h4-11,16,18,23H,12-15H2,1-3H3,(H,28,29). The minimum Gasteiger partial charge on any atom is -0.493 e. The Kier molecular flexibility index (Phi) is 6.51. The van der Waals surface area contributed by atoms with Crippen molar-refractivity contribution in [3.63, 3.8) is 0 Å². The molecule has 1 aliphatic rings. The van der Waals surface area contributed by atoms with Crippen molar-refractivity contribution in [2.24, 2.45) is 5.92 Å². The molecule has 0 radical (unpaired) electrons. The van der Waals surface area contributed by atoms with Crippen LogP contribution in [0.3, 0.4) is 0 Å². The number of carbonyl (C=O) groups is 1. The van der Waals surface area contributed by atoms with Gasteiger partial charge in [0.1, 0.15) is 0 Å². The number of hydrogen-bond donors (Lipinski definition) is 1. The lowest BCUT2D eigenvalue weighted by atomic mass is 9.90. The van der Waals surface area contributed by atoms with Crippen LogP contribution < -0.4 is 14.2 Å². The first-order chi connectivity index (χ1) is 15.6. The molecule has 0 spiro atoms. The summed E-state index contributed by atoms with van der Waals surface area (Å²) in [4.78, 5) is 13.8. The molecule has 3 aromatic carbocycles. The quantitative estimate of drug-likeness (QED) is 0.578. The van der Waals surface area contributed by atoms with E-state index in [2.05, 4.69) is 35.2 Å². The topological polar surface area (TPSA) is 68.2 Å². The van der Waals surface area contributed by atoms with Crippen LogP contribution in [-0.2, 0) is 4.79 Å². The SMILES string of the molecule is COc1ccc(C(c2ccc3ccccc3c2)N2CCC(C(=O)O)CC2)c(OC)c1OC. The van der Waals surface area contributed by atoms with Crippen molar-refractivity contribution in [2.75, 3.05) is 34.4 Å². The van der Waals surface area contributed by atoms with Crippen molar-refractivity contribution in [3.8, 4) is 17.2 Å². The Labute approximate surface area is 188 Å². The van der Waals surface area contributed by atoms with Gasteiger partial charge < -0.3 is 19.3 Å². The summed E-state index contributed by atoms with van der Waals surface area (Å²) in [5, 5.41) is 11.8. The van der Waals surface area contributed by atoms with Crippen molar-refractivity contribution in [2.45, 2.75) is 18.9 Å². The summed E-state index contributed by atoms with van der Waals surface area (Å²) in [5.74, 6) is 0.783. The fourth-order valence-electron chi connectivity index (χ4n) is 4.71. The van der Waals surface area contributed by atoms with Crippen molar-refractivity contribution in [3.05, 3.63) is 65.7 Å². The number of rotatable bonds is 7. The second kappa shape index (κ2) is 9.49. The summed E-state index contributed by atoms with van der Waals surface area (Å²) in [6.07, 6.45) is 1.24. The number of piperidine rings is 1. The number of nitrogens with zero attached hydrogens (tertiary/aromatic N) is 1. The third kappa shape index (κ3) is 4.10. The van der Waals surface area contributed by atoms with E-state index in [4.69, 9.17) is 14.2 Å². The Balaban J connectivity index is 1.83. The van der Waals surface area contributed by atoms with Crippen molar-refractivity contribution in [1.29, 1.82) is 0 Å². The molecule has 1 heterocycles. The average molecular weight is 436 g/mol.